The number of nitrogens with zero attached hydrogens (tertiary/aromatic N) is 5. The molecule has 0 atom stereocenters. The lowest BCUT2D eigenvalue weighted by molar-refractivity contribution is -0.128. The molecule has 0 saturated carbocycles. The fourth-order valence-corrected chi connectivity index (χ4v) is 4.69. The number of carbonyl (C=O) groups excluding carboxylic acids is 1. The van der Waals surface area contributed by atoms with E-state index in [2.05, 4.69) is 27.1 Å². The molecule has 0 bridgehead atoms. The van der Waals surface area contributed by atoms with Crippen molar-refractivity contribution in [2.45, 2.75) is 5.03 Å². The summed E-state index contributed by atoms with van der Waals surface area (Å²) in [7, 11) is 1.65. The van der Waals surface area contributed by atoms with Crippen LogP contribution in [0.25, 0.3) is 16.9 Å². The van der Waals surface area contributed by atoms with E-state index in [4.69, 9.17) is 4.74 Å². The Labute approximate surface area is 197 Å². The van der Waals surface area contributed by atoms with Crippen LogP contribution in [0, 0.1) is 0 Å². The highest BCUT2D eigenvalue weighted by Gasteiger charge is 2.21. The van der Waals surface area contributed by atoms with Crippen molar-refractivity contribution < 1.29 is 9.53 Å². The van der Waals surface area contributed by atoms with Crippen LogP contribution in [-0.2, 0) is 4.79 Å². The summed E-state index contributed by atoms with van der Waals surface area (Å²) >= 11 is 1.46. The Morgan fingerprint density at radius 1 is 0.970 bits per heavy atom. The summed E-state index contributed by atoms with van der Waals surface area (Å²) in [5, 5.41) is 5.44. The maximum atomic E-state index is 12.7. The Bertz CT molecular complexity index is 1230. The largest absolute Gasteiger partial charge is 0.497 e. The summed E-state index contributed by atoms with van der Waals surface area (Å²) in [5.41, 5.74) is 3.83. The predicted octanol–water partition coefficient (Wildman–Crippen LogP) is 3.85. The monoisotopic (exact) mass is 459 g/mol. The summed E-state index contributed by atoms with van der Waals surface area (Å²) in [5.74, 6) is 1.34. The van der Waals surface area contributed by atoms with Gasteiger partial charge in [0.25, 0.3) is 0 Å². The van der Waals surface area contributed by atoms with Crippen molar-refractivity contribution in [3.8, 4) is 17.0 Å². The molecule has 1 amide bonds. The molecule has 0 spiro atoms. The van der Waals surface area contributed by atoms with Crippen molar-refractivity contribution in [3.05, 3.63) is 72.9 Å². The van der Waals surface area contributed by atoms with Crippen LogP contribution in [0.2, 0.25) is 0 Å². The Hall–Kier alpha value is -3.52. The first-order valence-corrected chi connectivity index (χ1v) is 11.9. The maximum absolute atomic E-state index is 12.7. The van der Waals surface area contributed by atoms with Crippen molar-refractivity contribution >= 4 is 29.0 Å². The van der Waals surface area contributed by atoms with Gasteiger partial charge in [-0.15, -0.1) is 0 Å². The molecule has 3 heterocycles. The number of carbonyl (C=O) groups is 1. The van der Waals surface area contributed by atoms with E-state index in [1.54, 1.807) is 11.6 Å². The molecule has 2 aromatic carbocycles. The molecule has 7 nitrogen and oxygen atoms in total. The first-order valence-electron chi connectivity index (χ1n) is 10.9. The number of fused-ring (bicyclic) bond motifs is 1. The van der Waals surface area contributed by atoms with E-state index in [1.165, 1.54) is 17.4 Å². The minimum Gasteiger partial charge on any atom is -0.497 e. The van der Waals surface area contributed by atoms with E-state index < -0.39 is 0 Å². The summed E-state index contributed by atoms with van der Waals surface area (Å²) in [6.45, 7) is 3.20. The molecule has 8 heteroatoms. The lowest BCUT2D eigenvalue weighted by Gasteiger charge is -2.36. The van der Waals surface area contributed by atoms with Crippen molar-refractivity contribution in [2.75, 3.05) is 43.9 Å². The Kier molecular flexibility index (Phi) is 6.17. The van der Waals surface area contributed by atoms with Crippen LogP contribution >= 0.6 is 11.8 Å². The molecule has 0 aliphatic carbocycles. The quantitative estimate of drug-likeness (QED) is 0.408. The van der Waals surface area contributed by atoms with Crippen LogP contribution in [0.3, 0.4) is 0 Å². The minimum atomic E-state index is 0.152. The zero-order valence-corrected chi connectivity index (χ0v) is 19.2. The Morgan fingerprint density at radius 3 is 2.45 bits per heavy atom. The third-order valence-electron chi connectivity index (χ3n) is 5.78. The molecule has 1 aliphatic rings. The number of hydrogen-bond acceptors (Lipinski definition) is 6. The number of hydrogen-bond donors (Lipinski definition) is 0. The van der Waals surface area contributed by atoms with Gasteiger partial charge in [0, 0.05) is 37.4 Å². The van der Waals surface area contributed by atoms with E-state index in [9.17, 15) is 4.79 Å². The molecular weight excluding hydrogens is 434 g/mol. The molecule has 1 fully saturated rings. The first-order chi connectivity index (χ1) is 16.2. The van der Waals surface area contributed by atoms with Crippen LogP contribution in [-0.4, -0.2) is 64.4 Å². The molecule has 2 aromatic heterocycles. The number of benzene rings is 2. The lowest BCUT2D eigenvalue weighted by Crippen LogP contribution is -2.49. The summed E-state index contributed by atoms with van der Waals surface area (Å²) in [4.78, 5) is 21.7. The molecule has 5 rings (SSSR count). The smallest absolute Gasteiger partial charge is 0.233 e. The highest BCUT2D eigenvalue weighted by atomic mass is 32.2. The summed E-state index contributed by atoms with van der Waals surface area (Å²) in [6.07, 6.45) is 1.91. The van der Waals surface area contributed by atoms with Crippen LogP contribution in [0.5, 0.6) is 5.75 Å². The Morgan fingerprint density at radius 2 is 1.73 bits per heavy atom. The van der Waals surface area contributed by atoms with Crippen molar-refractivity contribution in [1.82, 2.24) is 19.5 Å². The number of thioether (sulfide) groups is 1. The van der Waals surface area contributed by atoms with Gasteiger partial charge in [-0.1, -0.05) is 30.0 Å². The van der Waals surface area contributed by atoms with Gasteiger partial charge in [-0.3, -0.25) is 4.79 Å². The topological polar surface area (TPSA) is 63.0 Å². The first kappa shape index (κ1) is 21.3. The summed E-state index contributed by atoms with van der Waals surface area (Å²) in [6, 6.07) is 22.0. The zero-order valence-electron chi connectivity index (χ0n) is 18.4. The molecule has 33 heavy (non-hydrogen) atoms. The fraction of sp³-hybridized carbons (Fsp3) is 0.240. The van der Waals surface area contributed by atoms with Crippen molar-refractivity contribution in [2.24, 2.45) is 0 Å². The number of imidazole rings is 1. The van der Waals surface area contributed by atoms with Gasteiger partial charge in [0.15, 0.2) is 5.65 Å². The molecule has 168 valence electrons. The number of rotatable bonds is 6. The number of aromatic nitrogens is 3. The van der Waals surface area contributed by atoms with Crippen molar-refractivity contribution in [3.63, 3.8) is 0 Å². The molecule has 0 N–H and O–H groups in total. The highest BCUT2D eigenvalue weighted by molar-refractivity contribution is 7.99. The molecular formula is C25H25N5O2S. The van der Waals surface area contributed by atoms with Crippen LogP contribution in [0.15, 0.2) is 78.0 Å². The van der Waals surface area contributed by atoms with Gasteiger partial charge < -0.3 is 14.5 Å². The molecule has 1 aliphatic heterocycles. The predicted molar refractivity (Wildman–Crippen MR) is 131 cm³/mol. The van der Waals surface area contributed by atoms with Crippen LogP contribution in [0.4, 0.5) is 5.69 Å². The SMILES string of the molecule is COc1ccc(-c2cn3nc(SCC(=O)N4CCN(c5ccccc5)CC4)ccc3n2)cc1. The van der Waals surface area contributed by atoms with Gasteiger partial charge in [-0.05, 0) is 48.5 Å². The number of methoxy groups -OCH3 is 1. The van der Waals surface area contributed by atoms with Gasteiger partial charge in [0.2, 0.25) is 5.91 Å². The second-order valence-electron chi connectivity index (χ2n) is 7.82. The molecule has 0 unspecified atom stereocenters. The normalized spacial score (nSPS) is 14.0. The van der Waals surface area contributed by atoms with Gasteiger partial charge in [0.05, 0.1) is 24.8 Å². The van der Waals surface area contributed by atoms with Crippen molar-refractivity contribution in [1.29, 1.82) is 0 Å². The van der Waals surface area contributed by atoms with Crippen LogP contribution in [0.1, 0.15) is 0 Å². The zero-order chi connectivity index (χ0) is 22.6. The second-order valence-corrected chi connectivity index (χ2v) is 8.82. The lowest BCUT2D eigenvalue weighted by atomic mass is 10.2. The van der Waals surface area contributed by atoms with Gasteiger partial charge in [0.1, 0.15) is 10.8 Å². The van der Waals surface area contributed by atoms with E-state index in [0.717, 1.165) is 53.9 Å². The third kappa shape index (κ3) is 4.80. The standard InChI is InChI=1S/C25H25N5O2S/c1-32-21-9-7-19(8-10-21)22-17-30-23(26-22)11-12-24(27-30)33-18-25(31)29-15-13-28(14-16-29)20-5-3-2-4-6-20/h2-12,17H,13-16,18H2,1H3. The van der Waals surface area contributed by atoms with E-state index >= 15 is 0 Å². The number of para-hydroxylation sites is 1. The molecule has 1 saturated heterocycles. The molecule has 4 aromatic rings. The number of amides is 1. The minimum absolute atomic E-state index is 0.152. The van der Waals surface area contributed by atoms with E-state index in [1.807, 2.05) is 65.7 Å². The van der Waals surface area contributed by atoms with Crippen LogP contribution < -0.4 is 9.64 Å². The van der Waals surface area contributed by atoms with E-state index in [-0.39, 0.29) is 5.91 Å². The highest BCUT2D eigenvalue weighted by Crippen LogP contribution is 2.23. The van der Waals surface area contributed by atoms with Gasteiger partial charge in [-0.25, -0.2) is 9.50 Å². The maximum Gasteiger partial charge on any atom is 0.233 e. The van der Waals surface area contributed by atoms with Gasteiger partial charge in [-0.2, -0.15) is 5.10 Å². The fourth-order valence-electron chi connectivity index (χ4n) is 3.92. The number of ether oxygens (including phenoxy) is 1. The average molecular weight is 460 g/mol. The van der Waals surface area contributed by atoms with Gasteiger partial charge >= 0.3 is 0 Å². The molecule has 0 radical (unpaired) electrons. The number of piperazine rings is 1. The summed E-state index contributed by atoms with van der Waals surface area (Å²) < 4.78 is 6.99. The van der Waals surface area contributed by atoms with E-state index in [0.29, 0.717) is 5.75 Å². The average Bonchev–Trinajstić information content (AvgIpc) is 3.31. The number of anilines is 1. The second kappa shape index (κ2) is 9.54. The Balaban J connectivity index is 1.18. The third-order valence-corrected chi connectivity index (χ3v) is 6.68.